The van der Waals surface area contributed by atoms with Gasteiger partial charge in [0.2, 0.25) is 0 Å². The third kappa shape index (κ3) is 6.77. The van der Waals surface area contributed by atoms with Crippen LogP contribution in [0.4, 0.5) is 25.2 Å². The van der Waals surface area contributed by atoms with Gasteiger partial charge in [-0.15, -0.1) is 0 Å². The maximum absolute atomic E-state index is 10.7. The third-order valence-electron chi connectivity index (χ3n) is 6.30. The molecule has 1 aliphatic carbocycles. The van der Waals surface area contributed by atoms with E-state index in [9.17, 15) is 25.2 Å². The van der Waals surface area contributed by atoms with Crippen molar-refractivity contribution in [3.05, 3.63) is 113 Å². The average molecular weight is 553 g/mol. The van der Waals surface area contributed by atoms with Gasteiger partial charge in [0.25, 0.3) is 0 Å². The summed E-state index contributed by atoms with van der Waals surface area (Å²) in [5, 5.41) is 0. The molecule has 8 heteroatoms. The Balaban J connectivity index is 0.000000405. The monoisotopic (exact) mass is 552 g/mol. The Bertz CT molecular complexity index is 1390. The molecule has 0 nitrogen and oxygen atoms in total. The zero-order valence-electron chi connectivity index (χ0n) is 20.8. The van der Waals surface area contributed by atoms with Gasteiger partial charge in [-0.25, -0.2) is 0 Å². The van der Waals surface area contributed by atoms with E-state index in [1.54, 1.807) is 0 Å². The molecule has 0 saturated carbocycles. The van der Waals surface area contributed by atoms with E-state index in [1.807, 2.05) is 0 Å². The average Bonchev–Trinajstić information content (AvgIpc) is 3.02. The van der Waals surface area contributed by atoms with Gasteiger partial charge in [0, 0.05) is 5.41 Å². The first-order valence-electron chi connectivity index (χ1n) is 11.6. The van der Waals surface area contributed by atoms with Crippen molar-refractivity contribution in [2.75, 3.05) is 0 Å². The second-order valence-corrected chi connectivity index (χ2v) is 13.7. The zero-order chi connectivity index (χ0) is 27.3. The van der Waals surface area contributed by atoms with Gasteiger partial charge < -0.3 is 0 Å². The minimum atomic E-state index is -10.7. The Hall–Kier alpha value is -2.76. The molecule has 0 aliphatic heterocycles. The maximum atomic E-state index is 9.87. The van der Waals surface area contributed by atoms with Crippen molar-refractivity contribution in [2.45, 2.75) is 47.8 Å². The van der Waals surface area contributed by atoms with Crippen molar-refractivity contribution < 1.29 is 25.2 Å². The van der Waals surface area contributed by atoms with Crippen molar-refractivity contribution in [2.24, 2.45) is 0 Å². The molecule has 0 unspecified atom stereocenters. The Morgan fingerprint density at radius 2 is 0.946 bits per heavy atom. The molecule has 196 valence electrons. The van der Waals surface area contributed by atoms with Crippen molar-refractivity contribution in [1.29, 1.82) is 0 Å². The zero-order valence-corrected chi connectivity index (χ0v) is 22.5. The van der Waals surface area contributed by atoms with Gasteiger partial charge in [-0.1, -0.05) is 73.5 Å². The fourth-order valence-corrected chi connectivity index (χ4v) is 6.64. The van der Waals surface area contributed by atoms with E-state index in [1.165, 1.54) is 48.1 Å². The number of benzene rings is 4. The van der Waals surface area contributed by atoms with E-state index in [0.717, 1.165) is 0 Å². The fraction of sp³-hybridized carbons (Fsp3) is 0.172. The molecule has 0 spiro atoms. The van der Waals surface area contributed by atoms with Crippen LogP contribution in [0, 0.1) is 13.8 Å². The Morgan fingerprint density at radius 1 is 0.541 bits per heavy atom. The summed E-state index contributed by atoms with van der Waals surface area (Å²) in [5.41, 5.74) is 8.27. The quantitative estimate of drug-likeness (QED) is 0.135. The van der Waals surface area contributed by atoms with Crippen molar-refractivity contribution >= 4 is 18.7 Å². The Kier molecular flexibility index (Phi) is 6.37. The van der Waals surface area contributed by atoms with Crippen LogP contribution in [0.5, 0.6) is 0 Å². The number of hydrogen-bond acceptors (Lipinski definition) is 0. The number of halogens is 6. The summed E-state index contributed by atoms with van der Waals surface area (Å²) in [6.07, 6.45) is 0. The number of hydrogen-bond donors (Lipinski definition) is 0. The second kappa shape index (κ2) is 8.64. The van der Waals surface area contributed by atoms with Gasteiger partial charge in [-0.2, -0.15) is 0 Å². The van der Waals surface area contributed by atoms with Crippen LogP contribution in [0.1, 0.15) is 36.1 Å². The third-order valence-corrected chi connectivity index (χ3v) is 8.52. The summed E-state index contributed by atoms with van der Waals surface area (Å²) in [6.45, 7) is 9.03. The van der Waals surface area contributed by atoms with E-state index in [0.29, 0.717) is 0 Å². The first-order valence-corrected chi connectivity index (χ1v) is 14.8. The first-order chi connectivity index (χ1) is 16.9. The van der Waals surface area contributed by atoms with Gasteiger partial charge in [-0.3, -0.25) is 0 Å². The summed E-state index contributed by atoms with van der Waals surface area (Å²) in [5.74, 6) is 0. The summed E-state index contributed by atoms with van der Waals surface area (Å²) in [6, 6.07) is 34.2. The Morgan fingerprint density at radius 3 is 1.43 bits per heavy atom. The van der Waals surface area contributed by atoms with Crippen molar-refractivity contribution in [3.63, 3.8) is 0 Å². The van der Waals surface area contributed by atoms with Gasteiger partial charge in [0.05, 0.1) is 10.9 Å². The van der Waals surface area contributed by atoms with Crippen LogP contribution in [0.15, 0.2) is 106 Å². The SMILES string of the molecule is Cc1ccc([S+](c2ccc(C)cc2)c2ccc3c(c2)C(C)(C)c2ccccc2-3)cc1.F[P-](F)(F)(F)(F)F. The molecule has 0 bridgehead atoms. The van der Waals surface area contributed by atoms with E-state index in [2.05, 4.69) is 119 Å². The van der Waals surface area contributed by atoms with Gasteiger partial charge in [0.15, 0.2) is 14.7 Å². The van der Waals surface area contributed by atoms with Crippen molar-refractivity contribution in [1.82, 2.24) is 0 Å². The van der Waals surface area contributed by atoms with Gasteiger partial charge in [0.1, 0.15) is 0 Å². The van der Waals surface area contributed by atoms with Crippen LogP contribution in [-0.2, 0) is 16.3 Å². The predicted octanol–water partition coefficient (Wildman–Crippen LogP) is 11.1. The molecule has 0 heterocycles. The predicted molar refractivity (Wildman–Crippen MR) is 142 cm³/mol. The standard InChI is InChI=1S/C29H27S.F6P/c1-20-9-13-22(14-10-20)30(23-15-11-21(2)12-16-23)24-17-18-26-25-7-5-6-8-27(25)29(3,4)28(26)19-24;1-7(2,3,4,5)6/h5-19H,1-4H3;/q+1;-1. The summed E-state index contributed by atoms with van der Waals surface area (Å²) in [4.78, 5) is 4.14. The summed E-state index contributed by atoms with van der Waals surface area (Å²) < 4.78 is 59.2. The molecule has 0 fully saturated rings. The van der Waals surface area contributed by atoms with Crippen LogP contribution in [-0.4, -0.2) is 0 Å². The molecule has 4 aromatic carbocycles. The summed E-state index contributed by atoms with van der Waals surface area (Å²) >= 11 is 0. The molecule has 37 heavy (non-hydrogen) atoms. The van der Waals surface area contributed by atoms with E-state index < -0.39 is 7.81 Å². The second-order valence-electron chi connectivity index (χ2n) is 9.77. The molecular weight excluding hydrogens is 525 g/mol. The van der Waals surface area contributed by atoms with Gasteiger partial charge >= 0.3 is 33.0 Å². The Labute approximate surface area is 216 Å². The number of fused-ring (bicyclic) bond motifs is 3. The number of rotatable bonds is 3. The normalized spacial score (nSPS) is 15.6. The van der Waals surface area contributed by atoms with Crippen LogP contribution < -0.4 is 0 Å². The van der Waals surface area contributed by atoms with Crippen molar-refractivity contribution in [3.8, 4) is 11.1 Å². The molecule has 0 aromatic heterocycles. The number of aryl methyl sites for hydroxylation is 2. The van der Waals surface area contributed by atoms with E-state index in [4.69, 9.17) is 0 Å². The molecule has 0 saturated heterocycles. The molecule has 0 atom stereocenters. The van der Waals surface area contributed by atoms with Crippen LogP contribution in [0.3, 0.4) is 0 Å². The van der Waals surface area contributed by atoms with E-state index >= 15 is 0 Å². The molecule has 1 aliphatic rings. The van der Waals surface area contributed by atoms with E-state index in [-0.39, 0.29) is 16.3 Å². The molecule has 0 N–H and O–H groups in total. The van der Waals surface area contributed by atoms with Crippen LogP contribution in [0.2, 0.25) is 0 Å². The molecule has 4 aromatic rings. The summed E-state index contributed by atoms with van der Waals surface area (Å²) in [7, 11) is -10.8. The van der Waals surface area contributed by atoms with Crippen LogP contribution >= 0.6 is 7.81 Å². The van der Waals surface area contributed by atoms with Crippen LogP contribution in [0.25, 0.3) is 11.1 Å². The molecule has 0 radical (unpaired) electrons. The molecular formula is C29H27F6PS. The topological polar surface area (TPSA) is 0 Å². The molecule has 0 amide bonds. The molecule has 5 rings (SSSR count). The first kappa shape index (κ1) is 27.3. The fourth-order valence-electron chi connectivity index (χ4n) is 4.57. The minimum absolute atomic E-state index is 0.0253. The van der Waals surface area contributed by atoms with Gasteiger partial charge in [-0.05, 0) is 78.6 Å².